The van der Waals surface area contributed by atoms with E-state index >= 15 is 0 Å². The van der Waals surface area contributed by atoms with E-state index in [4.69, 9.17) is 9.47 Å². The lowest BCUT2D eigenvalue weighted by Crippen LogP contribution is -2.45. The minimum Gasteiger partial charge on any atom is -0.486 e. The molecule has 0 spiro atoms. The van der Waals surface area contributed by atoms with Crippen LogP contribution in [0.4, 0.5) is 0 Å². The van der Waals surface area contributed by atoms with Gasteiger partial charge < -0.3 is 14.4 Å². The van der Waals surface area contributed by atoms with Gasteiger partial charge in [0.25, 0.3) is 0 Å². The number of hydrogen-bond donors (Lipinski definition) is 0. The number of carbonyl (C=O) groups is 1. The monoisotopic (exact) mass is 315 g/mol. The van der Waals surface area contributed by atoms with Gasteiger partial charge in [-0.1, -0.05) is 25.3 Å². The Morgan fingerprint density at radius 2 is 1.83 bits per heavy atom. The highest BCUT2D eigenvalue weighted by molar-refractivity contribution is 5.79. The van der Waals surface area contributed by atoms with Gasteiger partial charge in [-0.3, -0.25) is 4.79 Å². The Morgan fingerprint density at radius 3 is 2.70 bits per heavy atom. The van der Waals surface area contributed by atoms with E-state index in [0.29, 0.717) is 19.6 Å². The van der Waals surface area contributed by atoms with Gasteiger partial charge in [0.2, 0.25) is 5.91 Å². The Balaban J connectivity index is 1.39. The van der Waals surface area contributed by atoms with E-state index in [2.05, 4.69) is 4.90 Å². The highest BCUT2D eigenvalue weighted by Crippen LogP contribution is 2.36. The fourth-order valence-corrected chi connectivity index (χ4v) is 4.31. The van der Waals surface area contributed by atoms with Crippen LogP contribution in [0.1, 0.15) is 37.7 Å². The first-order valence-electron chi connectivity index (χ1n) is 8.96. The molecule has 4 heteroatoms. The topological polar surface area (TPSA) is 38.8 Å². The molecule has 0 radical (unpaired) electrons. The van der Waals surface area contributed by atoms with E-state index < -0.39 is 0 Å². The predicted molar refractivity (Wildman–Crippen MR) is 87.8 cm³/mol. The number of ether oxygens (including phenoxy) is 2. The number of amides is 1. The van der Waals surface area contributed by atoms with Crippen molar-refractivity contribution in [3.8, 4) is 11.5 Å². The Bertz CT molecular complexity index is 586. The van der Waals surface area contributed by atoms with E-state index in [1.165, 1.54) is 32.1 Å². The van der Waals surface area contributed by atoms with Crippen LogP contribution in [0.25, 0.3) is 0 Å². The fraction of sp³-hybridized carbons (Fsp3) is 0.632. The number of nitrogens with zero attached hydrogens (tertiary/aromatic N) is 1. The Hall–Kier alpha value is -1.71. The molecule has 4 nitrogen and oxygen atoms in total. The Kier molecular flexibility index (Phi) is 4.15. The van der Waals surface area contributed by atoms with Crippen molar-refractivity contribution >= 4 is 5.91 Å². The zero-order valence-corrected chi connectivity index (χ0v) is 13.6. The van der Waals surface area contributed by atoms with Crippen molar-refractivity contribution in [1.29, 1.82) is 0 Å². The van der Waals surface area contributed by atoms with Crippen LogP contribution in [0, 0.1) is 11.8 Å². The first-order valence-corrected chi connectivity index (χ1v) is 8.96. The summed E-state index contributed by atoms with van der Waals surface area (Å²) in [6, 6.07) is 5.86. The molecule has 1 aromatic carbocycles. The molecule has 4 rings (SSSR count). The van der Waals surface area contributed by atoms with Crippen molar-refractivity contribution in [2.75, 3.05) is 26.3 Å². The van der Waals surface area contributed by atoms with Gasteiger partial charge in [-0.2, -0.15) is 0 Å². The molecule has 2 fully saturated rings. The molecule has 2 atom stereocenters. The summed E-state index contributed by atoms with van der Waals surface area (Å²) in [6.07, 6.45) is 7.05. The van der Waals surface area contributed by atoms with Crippen molar-refractivity contribution in [3.63, 3.8) is 0 Å². The molecular weight excluding hydrogens is 290 g/mol. The number of hydrogen-bond acceptors (Lipinski definition) is 3. The molecule has 23 heavy (non-hydrogen) atoms. The summed E-state index contributed by atoms with van der Waals surface area (Å²) >= 11 is 0. The average Bonchev–Trinajstić information content (AvgIpc) is 2.61. The number of rotatable bonds is 2. The molecule has 0 aromatic heterocycles. The fourth-order valence-electron chi connectivity index (χ4n) is 4.31. The van der Waals surface area contributed by atoms with Gasteiger partial charge >= 0.3 is 0 Å². The van der Waals surface area contributed by atoms with Crippen LogP contribution in [0.5, 0.6) is 11.5 Å². The lowest BCUT2D eigenvalue weighted by molar-refractivity contribution is -0.133. The van der Waals surface area contributed by atoms with Crippen LogP contribution in [-0.2, 0) is 11.2 Å². The summed E-state index contributed by atoms with van der Waals surface area (Å²) in [5.41, 5.74) is 1.02. The zero-order valence-electron chi connectivity index (χ0n) is 13.6. The van der Waals surface area contributed by atoms with E-state index in [0.717, 1.165) is 42.0 Å². The Labute approximate surface area is 137 Å². The van der Waals surface area contributed by atoms with Gasteiger partial charge in [0.1, 0.15) is 13.2 Å². The number of carbonyl (C=O) groups excluding carboxylic acids is 1. The van der Waals surface area contributed by atoms with Crippen molar-refractivity contribution in [2.45, 2.75) is 38.5 Å². The van der Waals surface area contributed by atoms with Gasteiger partial charge in [-0.05, 0) is 42.4 Å². The largest absolute Gasteiger partial charge is 0.486 e. The van der Waals surface area contributed by atoms with E-state index in [-0.39, 0.29) is 5.91 Å². The zero-order chi connectivity index (χ0) is 15.6. The third-order valence-electron chi connectivity index (χ3n) is 5.61. The maximum absolute atomic E-state index is 12.7. The molecule has 1 aromatic rings. The molecule has 2 unspecified atom stereocenters. The lowest BCUT2D eigenvalue weighted by atomic mass is 9.75. The highest BCUT2D eigenvalue weighted by Gasteiger charge is 2.32. The molecule has 124 valence electrons. The normalized spacial score (nSPS) is 26.5. The van der Waals surface area contributed by atoms with Crippen LogP contribution in [-0.4, -0.2) is 37.1 Å². The van der Waals surface area contributed by atoms with Crippen LogP contribution < -0.4 is 9.47 Å². The summed E-state index contributed by atoms with van der Waals surface area (Å²) in [5, 5.41) is 0. The second-order valence-electron chi connectivity index (χ2n) is 7.09. The first-order chi connectivity index (χ1) is 11.3. The van der Waals surface area contributed by atoms with Crippen molar-refractivity contribution in [3.05, 3.63) is 23.8 Å². The molecule has 1 saturated heterocycles. The number of benzene rings is 1. The quantitative estimate of drug-likeness (QED) is 0.842. The third kappa shape index (κ3) is 3.17. The average molecular weight is 315 g/mol. The molecule has 0 N–H and O–H groups in total. The molecule has 3 aliphatic rings. The molecular formula is C19H25NO3. The Morgan fingerprint density at radius 1 is 1.04 bits per heavy atom. The smallest absolute Gasteiger partial charge is 0.227 e. The molecule has 2 heterocycles. The van der Waals surface area contributed by atoms with Crippen LogP contribution in [0.2, 0.25) is 0 Å². The van der Waals surface area contributed by atoms with E-state index in [1.54, 1.807) is 0 Å². The van der Waals surface area contributed by atoms with Crippen molar-refractivity contribution in [1.82, 2.24) is 4.90 Å². The minimum atomic E-state index is 0.255. The highest BCUT2D eigenvalue weighted by atomic mass is 16.6. The molecule has 2 aliphatic heterocycles. The molecule has 1 aliphatic carbocycles. The number of fused-ring (bicyclic) bond motifs is 2. The summed E-state index contributed by atoms with van der Waals surface area (Å²) < 4.78 is 11.2. The number of likely N-dealkylation sites (tertiary alicyclic amines) is 1. The van der Waals surface area contributed by atoms with Crippen molar-refractivity contribution < 1.29 is 14.3 Å². The van der Waals surface area contributed by atoms with Crippen LogP contribution >= 0.6 is 0 Å². The van der Waals surface area contributed by atoms with Gasteiger partial charge in [-0.15, -0.1) is 0 Å². The van der Waals surface area contributed by atoms with E-state index in [1.807, 2.05) is 18.2 Å². The summed E-state index contributed by atoms with van der Waals surface area (Å²) in [4.78, 5) is 14.8. The van der Waals surface area contributed by atoms with Crippen molar-refractivity contribution in [2.24, 2.45) is 11.8 Å². The predicted octanol–water partition coefficient (Wildman–Crippen LogP) is 3.04. The molecule has 1 saturated carbocycles. The van der Waals surface area contributed by atoms with Crippen LogP contribution in [0.15, 0.2) is 18.2 Å². The third-order valence-corrected chi connectivity index (χ3v) is 5.61. The molecule has 0 bridgehead atoms. The minimum absolute atomic E-state index is 0.255. The summed E-state index contributed by atoms with van der Waals surface area (Å²) in [6.45, 7) is 3.08. The maximum atomic E-state index is 12.7. The maximum Gasteiger partial charge on any atom is 0.227 e. The first kappa shape index (κ1) is 14.9. The summed E-state index contributed by atoms with van der Waals surface area (Å²) in [5.74, 6) is 3.41. The standard InChI is InChI=1S/C19H25NO3/c21-19(20-8-7-15-3-1-2-4-16(15)13-20)12-14-5-6-17-18(11-14)23-10-9-22-17/h5-6,11,15-16H,1-4,7-10,12-13H2. The van der Waals surface area contributed by atoms with Gasteiger partial charge in [0, 0.05) is 13.1 Å². The second kappa shape index (κ2) is 6.42. The molecule has 1 amide bonds. The van der Waals surface area contributed by atoms with Gasteiger partial charge in [0.15, 0.2) is 11.5 Å². The van der Waals surface area contributed by atoms with Gasteiger partial charge in [-0.25, -0.2) is 0 Å². The van der Waals surface area contributed by atoms with Gasteiger partial charge in [0.05, 0.1) is 6.42 Å². The summed E-state index contributed by atoms with van der Waals surface area (Å²) in [7, 11) is 0. The van der Waals surface area contributed by atoms with E-state index in [9.17, 15) is 4.79 Å². The number of piperidine rings is 1. The van der Waals surface area contributed by atoms with Crippen LogP contribution in [0.3, 0.4) is 0 Å². The second-order valence-corrected chi connectivity index (χ2v) is 7.09. The lowest BCUT2D eigenvalue weighted by Gasteiger charge is -2.41. The SMILES string of the molecule is O=C(Cc1ccc2c(c1)OCCO2)N1CCC2CCCCC2C1.